The normalized spacial score (nSPS) is 11.3. The van der Waals surface area contributed by atoms with E-state index in [0.717, 1.165) is 12.1 Å². The van der Waals surface area contributed by atoms with Crippen molar-refractivity contribution in [2.24, 2.45) is 11.7 Å². The first-order valence-electron chi connectivity index (χ1n) is 6.63. The average Bonchev–Trinajstić information content (AvgIpc) is 2.47. The van der Waals surface area contributed by atoms with E-state index in [1.54, 1.807) is 13.8 Å². The van der Waals surface area contributed by atoms with Gasteiger partial charge in [-0.3, -0.25) is 9.59 Å². The lowest BCUT2D eigenvalue weighted by Gasteiger charge is -2.23. The average molecular weight is 336 g/mol. The van der Waals surface area contributed by atoms with Gasteiger partial charge in [0, 0.05) is 19.0 Å². The molecule has 0 aliphatic heterocycles. The molecule has 0 spiro atoms. The summed E-state index contributed by atoms with van der Waals surface area (Å²) in [5, 5.41) is 2.14. The lowest BCUT2D eigenvalue weighted by Crippen LogP contribution is -2.42. The first kappa shape index (κ1) is 20.3. The Morgan fingerprint density at radius 3 is 2.32 bits per heavy atom. The van der Waals surface area contributed by atoms with Crippen LogP contribution < -0.4 is 11.1 Å². The van der Waals surface area contributed by atoms with Crippen LogP contribution in [0.2, 0.25) is 0 Å². The molecule has 0 saturated heterocycles. The number of hydrogen-bond acceptors (Lipinski definition) is 3. The molecule has 2 amide bonds. The predicted octanol–water partition coefficient (Wildman–Crippen LogP) is 1.77. The minimum absolute atomic E-state index is 0. The highest BCUT2D eigenvalue weighted by Crippen LogP contribution is 2.17. The zero-order valence-electron chi connectivity index (χ0n) is 12.4. The van der Waals surface area contributed by atoms with E-state index in [0.29, 0.717) is 6.54 Å². The van der Waals surface area contributed by atoms with Gasteiger partial charge in [0.25, 0.3) is 0 Å². The number of benzene rings is 1. The first-order valence-corrected chi connectivity index (χ1v) is 6.63. The number of hydrogen-bond donors (Lipinski definition) is 2. The van der Waals surface area contributed by atoms with Crippen LogP contribution in [-0.4, -0.2) is 36.3 Å². The van der Waals surface area contributed by atoms with E-state index in [1.165, 1.54) is 11.0 Å². The van der Waals surface area contributed by atoms with Gasteiger partial charge in [-0.1, -0.05) is 13.0 Å². The second-order valence-corrected chi connectivity index (χ2v) is 4.63. The third-order valence-electron chi connectivity index (χ3n) is 3.03. The van der Waals surface area contributed by atoms with Gasteiger partial charge in [0.2, 0.25) is 11.8 Å². The van der Waals surface area contributed by atoms with Crippen LogP contribution in [0.15, 0.2) is 18.2 Å². The summed E-state index contributed by atoms with van der Waals surface area (Å²) < 4.78 is 26.8. The van der Waals surface area contributed by atoms with Crippen LogP contribution in [0.1, 0.15) is 13.8 Å². The second-order valence-electron chi connectivity index (χ2n) is 4.63. The van der Waals surface area contributed by atoms with E-state index in [4.69, 9.17) is 5.73 Å². The number of amides is 2. The van der Waals surface area contributed by atoms with Gasteiger partial charge in [-0.25, -0.2) is 8.78 Å². The molecule has 8 heteroatoms. The Hall–Kier alpha value is -1.73. The smallest absolute Gasteiger partial charge is 0.244 e. The Labute approximate surface area is 134 Å². The summed E-state index contributed by atoms with van der Waals surface area (Å²) in [7, 11) is 0. The molecule has 1 unspecified atom stereocenters. The SMILES string of the molecule is CCN(CC(=O)Nc1c(F)cccc1F)C(=O)C(C)CN.Cl. The van der Waals surface area contributed by atoms with E-state index >= 15 is 0 Å². The Morgan fingerprint density at radius 1 is 1.32 bits per heavy atom. The van der Waals surface area contributed by atoms with Crippen molar-refractivity contribution in [3.05, 3.63) is 29.8 Å². The molecule has 0 aliphatic carbocycles. The van der Waals surface area contributed by atoms with E-state index in [-0.39, 0.29) is 31.4 Å². The minimum Gasteiger partial charge on any atom is -0.333 e. The third kappa shape index (κ3) is 5.23. The monoisotopic (exact) mass is 335 g/mol. The molecule has 124 valence electrons. The topological polar surface area (TPSA) is 75.4 Å². The predicted molar refractivity (Wildman–Crippen MR) is 82.7 cm³/mol. The van der Waals surface area contributed by atoms with Crippen LogP contribution in [0.25, 0.3) is 0 Å². The molecule has 0 saturated carbocycles. The van der Waals surface area contributed by atoms with E-state index in [2.05, 4.69) is 5.32 Å². The fourth-order valence-electron chi connectivity index (χ4n) is 1.73. The molecule has 3 N–H and O–H groups in total. The number of nitrogens with one attached hydrogen (secondary N) is 1. The molecule has 0 radical (unpaired) electrons. The number of para-hydroxylation sites is 1. The highest BCUT2D eigenvalue weighted by Gasteiger charge is 2.21. The van der Waals surface area contributed by atoms with Crippen LogP contribution in [0, 0.1) is 17.6 Å². The van der Waals surface area contributed by atoms with Crippen molar-refractivity contribution in [1.82, 2.24) is 4.90 Å². The van der Waals surface area contributed by atoms with Crippen molar-refractivity contribution in [2.45, 2.75) is 13.8 Å². The van der Waals surface area contributed by atoms with E-state index in [9.17, 15) is 18.4 Å². The number of nitrogens with two attached hydrogens (primary N) is 1. The molecule has 22 heavy (non-hydrogen) atoms. The molecule has 1 rings (SSSR count). The fourth-order valence-corrected chi connectivity index (χ4v) is 1.73. The highest BCUT2D eigenvalue weighted by molar-refractivity contribution is 5.95. The Balaban J connectivity index is 0.00000441. The number of carbonyl (C=O) groups excluding carboxylic acids is 2. The molecule has 0 bridgehead atoms. The molecular weight excluding hydrogens is 316 g/mol. The molecule has 1 atom stereocenters. The summed E-state index contributed by atoms with van der Waals surface area (Å²) in [6.07, 6.45) is 0. The van der Waals surface area contributed by atoms with Gasteiger partial charge in [0.1, 0.15) is 17.3 Å². The van der Waals surface area contributed by atoms with Gasteiger partial charge < -0.3 is 16.0 Å². The lowest BCUT2D eigenvalue weighted by molar-refractivity contribution is -0.137. The summed E-state index contributed by atoms with van der Waals surface area (Å²) in [6, 6.07) is 3.28. The van der Waals surface area contributed by atoms with Gasteiger partial charge in [-0.05, 0) is 19.1 Å². The van der Waals surface area contributed by atoms with Crippen molar-refractivity contribution < 1.29 is 18.4 Å². The van der Waals surface area contributed by atoms with Crippen LogP contribution in [0.5, 0.6) is 0 Å². The van der Waals surface area contributed by atoms with Crippen molar-refractivity contribution in [3.63, 3.8) is 0 Å². The molecular formula is C14H20ClF2N3O2. The maximum absolute atomic E-state index is 13.4. The van der Waals surface area contributed by atoms with Crippen molar-refractivity contribution in [1.29, 1.82) is 0 Å². The lowest BCUT2D eigenvalue weighted by atomic mass is 10.1. The zero-order valence-corrected chi connectivity index (χ0v) is 13.3. The third-order valence-corrected chi connectivity index (χ3v) is 3.03. The molecule has 0 fully saturated rings. The molecule has 5 nitrogen and oxygen atoms in total. The quantitative estimate of drug-likeness (QED) is 0.832. The second kappa shape index (κ2) is 9.32. The summed E-state index contributed by atoms with van der Waals surface area (Å²) in [5.41, 5.74) is 4.90. The van der Waals surface area contributed by atoms with Crippen LogP contribution in [0.3, 0.4) is 0 Å². The number of rotatable bonds is 6. The Kier molecular flexibility index (Phi) is 8.59. The number of nitrogens with zero attached hydrogens (tertiary/aromatic N) is 1. The summed E-state index contributed by atoms with van der Waals surface area (Å²) >= 11 is 0. The van der Waals surface area contributed by atoms with Crippen LogP contribution in [0.4, 0.5) is 14.5 Å². The Bertz CT molecular complexity index is 509. The van der Waals surface area contributed by atoms with Crippen LogP contribution >= 0.6 is 12.4 Å². The minimum atomic E-state index is -0.868. The summed E-state index contributed by atoms with van der Waals surface area (Å²) in [6.45, 7) is 3.54. The number of halogens is 3. The molecule has 0 aliphatic rings. The van der Waals surface area contributed by atoms with Gasteiger partial charge in [-0.15, -0.1) is 12.4 Å². The molecule has 0 heterocycles. The summed E-state index contributed by atoms with van der Waals surface area (Å²) in [4.78, 5) is 25.1. The largest absolute Gasteiger partial charge is 0.333 e. The van der Waals surface area contributed by atoms with Crippen molar-refractivity contribution >= 4 is 29.9 Å². The van der Waals surface area contributed by atoms with Gasteiger partial charge in [-0.2, -0.15) is 0 Å². The maximum Gasteiger partial charge on any atom is 0.244 e. The van der Waals surface area contributed by atoms with Gasteiger partial charge in [0.05, 0.1) is 6.54 Å². The number of likely N-dealkylation sites (N-methyl/N-ethyl adjacent to an activating group) is 1. The number of anilines is 1. The van der Waals surface area contributed by atoms with Crippen molar-refractivity contribution in [3.8, 4) is 0 Å². The Morgan fingerprint density at radius 2 is 1.86 bits per heavy atom. The molecule has 1 aromatic rings. The standard InChI is InChI=1S/C14H19F2N3O2.ClH/c1-3-19(14(21)9(2)7-17)8-12(20)18-13-10(15)5-4-6-11(13)16;/h4-6,9H,3,7-8,17H2,1-2H3,(H,18,20);1H. The van der Waals surface area contributed by atoms with E-state index < -0.39 is 29.1 Å². The van der Waals surface area contributed by atoms with E-state index in [1.807, 2.05) is 0 Å². The molecule has 0 aromatic heterocycles. The first-order chi connectivity index (χ1) is 9.90. The van der Waals surface area contributed by atoms with Crippen LogP contribution in [-0.2, 0) is 9.59 Å². The van der Waals surface area contributed by atoms with Gasteiger partial charge in [0.15, 0.2) is 0 Å². The van der Waals surface area contributed by atoms with Crippen molar-refractivity contribution in [2.75, 3.05) is 25.0 Å². The number of carbonyl (C=O) groups is 2. The zero-order chi connectivity index (χ0) is 16.0. The molecule has 1 aromatic carbocycles. The highest BCUT2D eigenvalue weighted by atomic mass is 35.5. The fraction of sp³-hybridized carbons (Fsp3) is 0.429. The van der Waals surface area contributed by atoms with Gasteiger partial charge >= 0.3 is 0 Å². The summed E-state index contributed by atoms with van der Waals surface area (Å²) in [5.74, 6) is -3.09. The maximum atomic E-state index is 13.4.